The summed E-state index contributed by atoms with van der Waals surface area (Å²) < 4.78 is 23.4. The predicted octanol–water partition coefficient (Wildman–Crippen LogP) is 2.73. The van der Waals surface area contributed by atoms with Crippen molar-refractivity contribution in [2.75, 3.05) is 0 Å². The van der Waals surface area contributed by atoms with Gasteiger partial charge in [-0.15, -0.1) is 0 Å². The van der Waals surface area contributed by atoms with Crippen LogP contribution >= 0.6 is 0 Å². The van der Waals surface area contributed by atoms with Crippen molar-refractivity contribution < 1.29 is 8.78 Å². The lowest BCUT2D eigenvalue weighted by Crippen LogP contribution is -1.59. The molecular weight excluding hydrogens is 110 g/mol. The van der Waals surface area contributed by atoms with Crippen LogP contribution in [0.1, 0.15) is 13.8 Å². The van der Waals surface area contributed by atoms with Crippen LogP contribution in [0.25, 0.3) is 0 Å². The van der Waals surface area contributed by atoms with Crippen LogP contribution in [0.3, 0.4) is 0 Å². The Morgan fingerprint density at radius 3 is 1.38 bits per heavy atom. The third-order valence-electron chi connectivity index (χ3n) is 0.543. The van der Waals surface area contributed by atoms with Crippen LogP contribution < -0.4 is 0 Å². The van der Waals surface area contributed by atoms with Crippen molar-refractivity contribution in [1.29, 1.82) is 0 Å². The van der Waals surface area contributed by atoms with E-state index < -0.39 is 0 Å². The fourth-order valence-electron chi connectivity index (χ4n) is 0.230. The molecule has 0 N–H and O–H groups in total. The van der Waals surface area contributed by atoms with Crippen LogP contribution in [-0.4, -0.2) is 0 Å². The summed E-state index contributed by atoms with van der Waals surface area (Å²) in [5, 5.41) is 0. The van der Waals surface area contributed by atoms with E-state index in [0.29, 0.717) is 0 Å². The standard InChI is InChI=1S/C6H8F2/c1-5(7)3-4-6(2)8/h3-4H,1-2H3/b5-3-,6-4-. The second-order valence-corrected chi connectivity index (χ2v) is 1.51. The molecule has 0 aromatic heterocycles. The minimum absolute atomic E-state index is 0.387. The number of halogens is 2. The maximum absolute atomic E-state index is 11.7. The zero-order valence-corrected chi connectivity index (χ0v) is 4.91. The van der Waals surface area contributed by atoms with E-state index in [0.717, 1.165) is 12.2 Å². The second kappa shape index (κ2) is 3.36. The highest BCUT2D eigenvalue weighted by Crippen LogP contribution is 1.97. The first-order chi connectivity index (χ1) is 3.63. The lowest BCUT2D eigenvalue weighted by molar-refractivity contribution is 0.629. The van der Waals surface area contributed by atoms with Crippen LogP contribution in [0.2, 0.25) is 0 Å². The Labute approximate surface area is 47.5 Å². The Kier molecular flexibility index (Phi) is 3.08. The highest BCUT2D eigenvalue weighted by molar-refractivity contribution is 5.07. The average Bonchev–Trinajstić information content (AvgIpc) is 1.61. The Morgan fingerprint density at radius 2 is 1.25 bits per heavy atom. The monoisotopic (exact) mass is 118 g/mol. The van der Waals surface area contributed by atoms with Gasteiger partial charge in [-0.1, -0.05) is 0 Å². The molecule has 0 saturated carbocycles. The summed E-state index contributed by atoms with van der Waals surface area (Å²) in [6, 6.07) is 0. The van der Waals surface area contributed by atoms with E-state index in [1.165, 1.54) is 13.8 Å². The Bertz CT molecular complexity index is 98.5. The Morgan fingerprint density at radius 1 is 1.00 bits per heavy atom. The molecule has 0 fully saturated rings. The number of allylic oxidation sites excluding steroid dienone is 4. The fraction of sp³-hybridized carbons (Fsp3) is 0.333. The fourth-order valence-corrected chi connectivity index (χ4v) is 0.230. The third-order valence-corrected chi connectivity index (χ3v) is 0.543. The summed E-state index contributed by atoms with van der Waals surface area (Å²) in [5.41, 5.74) is 0. The van der Waals surface area contributed by atoms with Crippen LogP contribution in [0.5, 0.6) is 0 Å². The lowest BCUT2D eigenvalue weighted by Gasteiger charge is -1.78. The minimum Gasteiger partial charge on any atom is -0.212 e. The number of hydrogen-bond acceptors (Lipinski definition) is 0. The molecule has 0 aliphatic heterocycles. The van der Waals surface area contributed by atoms with Crippen molar-refractivity contribution in [2.24, 2.45) is 0 Å². The second-order valence-electron chi connectivity index (χ2n) is 1.51. The highest BCUT2D eigenvalue weighted by atomic mass is 19.1. The van der Waals surface area contributed by atoms with E-state index in [4.69, 9.17) is 0 Å². The molecule has 0 radical (unpaired) electrons. The van der Waals surface area contributed by atoms with Gasteiger partial charge in [-0.2, -0.15) is 0 Å². The molecule has 0 nitrogen and oxygen atoms in total. The topological polar surface area (TPSA) is 0 Å². The van der Waals surface area contributed by atoms with E-state index in [-0.39, 0.29) is 11.7 Å². The molecule has 0 heterocycles. The van der Waals surface area contributed by atoms with Crippen LogP contribution in [-0.2, 0) is 0 Å². The Balaban J connectivity index is 3.76. The van der Waals surface area contributed by atoms with E-state index >= 15 is 0 Å². The molecule has 0 aliphatic carbocycles. The smallest absolute Gasteiger partial charge is 0.0969 e. The van der Waals surface area contributed by atoms with Gasteiger partial charge in [0.05, 0.1) is 11.7 Å². The minimum atomic E-state index is -0.387. The first-order valence-electron chi connectivity index (χ1n) is 2.29. The van der Waals surface area contributed by atoms with Gasteiger partial charge >= 0.3 is 0 Å². The van der Waals surface area contributed by atoms with Crippen LogP contribution in [0, 0.1) is 0 Å². The summed E-state index contributed by atoms with van der Waals surface area (Å²) >= 11 is 0. The number of hydrogen-bond donors (Lipinski definition) is 0. The van der Waals surface area contributed by atoms with Crippen molar-refractivity contribution in [3.63, 3.8) is 0 Å². The molecule has 0 aromatic rings. The average molecular weight is 118 g/mol. The van der Waals surface area contributed by atoms with Gasteiger partial charge in [0.15, 0.2) is 0 Å². The molecular formula is C6H8F2. The van der Waals surface area contributed by atoms with Crippen molar-refractivity contribution in [3.05, 3.63) is 23.8 Å². The first kappa shape index (κ1) is 7.34. The SMILES string of the molecule is C/C(F)=C/C=C(/C)F. The van der Waals surface area contributed by atoms with E-state index in [2.05, 4.69) is 0 Å². The Hall–Kier alpha value is -0.660. The molecule has 2 heteroatoms. The summed E-state index contributed by atoms with van der Waals surface area (Å²) in [7, 11) is 0. The maximum atomic E-state index is 11.7. The van der Waals surface area contributed by atoms with Crippen molar-refractivity contribution in [1.82, 2.24) is 0 Å². The quantitative estimate of drug-likeness (QED) is 0.464. The van der Waals surface area contributed by atoms with Crippen molar-refractivity contribution in [3.8, 4) is 0 Å². The molecule has 8 heavy (non-hydrogen) atoms. The van der Waals surface area contributed by atoms with Crippen LogP contribution in [0.15, 0.2) is 23.8 Å². The zero-order chi connectivity index (χ0) is 6.57. The highest BCUT2D eigenvalue weighted by Gasteiger charge is 1.78. The van der Waals surface area contributed by atoms with Crippen molar-refractivity contribution in [2.45, 2.75) is 13.8 Å². The van der Waals surface area contributed by atoms with E-state index in [9.17, 15) is 8.78 Å². The molecule has 0 aliphatic rings. The van der Waals surface area contributed by atoms with Gasteiger partial charge < -0.3 is 0 Å². The molecule has 0 aromatic carbocycles. The van der Waals surface area contributed by atoms with Gasteiger partial charge in [-0.3, -0.25) is 0 Å². The molecule has 0 saturated heterocycles. The first-order valence-corrected chi connectivity index (χ1v) is 2.29. The summed E-state index contributed by atoms with van der Waals surface area (Å²) in [5.74, 6) is -0.774. The third kappa shape index (κ3) is 5.34. The molecule has 46 valence electrons. The molecule has 0 bridgehead atoms. The van der Waals surface area contributed by atoms with Gasteiger partial charge in [-0.05, 0) is 26.0 Å². The molecule has 0 amide bonds. The summed E-state index contributed by atoms with van der Waals surface area (Å²) in [6.45, 7) is 2.53. The van der Waals surface area contributed by atoms with E-state index in [1.807, 2.05) is 0 Å². The summed E-state index contributed by atoms with van der Waals surface area (Å²) in [6.07, 6.45) is 2.16. The van der Waals surface area contributed by atoms with Gasteiger partial charge in [0.1, 0.15) is 0 Å². The van der Waals surface area contributed by atoms with Crippen molar-refractivity contribution >= 4 is 0 Å². The maximum Gasteiger partial charge on any atom is 0.0969 e. The van der Waals surface area contributed by atoms with Crippen LogP contribution in [0.4, 0.5) is 8.78 Å². The largest absolute Gasteiger partial charge is 0.212 e. The molecule has 0 spiro atoms. The van der Waals surface area contributed by atoms with Gasteiger partial charge in [0.25, 0.3) is 0 Å². The molecule has 0 unspecified atom stereocenters. The normalized spacial score (nSPS) is 14.5. The zero-order valence-electron chi connectivity index (χ0n) is 4.91. The van der Waals surface area contributed by atoms with Gasteiger partial charge in [-0.25, -0.2) is 8.78 Å². The predicted molar refractivity (Wildman–Crippen MR) is 29.7 cm³/mol. The van der Waals surface area contributed by atoms with Gasteiger partial charge in [0, 0.05) is 0 Å². The number of rotatable bonds is 1. The lowest BCUT2D eigenvalue weighted by atomic mass is 10.4. The van der Waals surface area contributed by atoms with E-state index in [1.54, 1.807) is 0 Å². The summed E-state index contributed by atoms with van der Waals surface area (Å²) in [4.78, 5) is 0. The van der Waals surface area contributed by atoms with Gasteiger partial charge in [0.2, 0.25) is 0 Å². The molecule has 0 atom stereocenters. The molecule has 0 rings (SSSR count).